The van der Waals surface area contributed by atoms with E-state index in [1.807, 2.05) is 0 Å². The van der Waals surface area contributed by atoms with Crippen molar-refractivity contribution in [1.82, 2.24) is 10.3 Å². The lowest BCUT2D eigenvalue weighted by Gasteiger charge is -2.10. The summed E-state index contributed by atoms with van der Waals surface area (Å²) in [5.74, 6) is -1.08. The van der Waals surface area contributed by atoms with E-state index in [0.717, 1.165) is 28.8 Å². The monoisotopic (exact) mass is 479 g/mol. The third-order valence-corrected chi connectivity index (χ3v) is 4.96. The van der Waals surface area contributed by atoms with Crippen LogP contribution < -0.4 is 15.0 Å². The first kappa shape index (κ1) is 22.1. The SMILES string of the molecule is CC(=O)Nc1nonc1N1C(=N)SC(=Cc2ccc(-c3ccc(OC(F)(F)F)cc3)o2)C1=O. The van der Waals surface area contributed by atoms with Crippen molar-refractivity contribution in [1.29, 1.82) is 5.41 Å². The molecule has 10 nitrogen and oxygen atoms in total. The predicted molar refractivity (Wildman–Crippen MR) is 110 cm³/mol. The van der Waals surface area contributed by atoms with Gasteiger partial charge in [-0.1, -0.05) is 0 Å². The minimum absolute atomic E-state index is 0.110. The highest BCUT2D eigenvalue weighted by Gasteiger charge is 2.38. The second-order valence-electron chi connectivity index (χ2n) is 6.45. The summed E-state index contributed by atoms with van der Waals surface area (Å²) in [6.45, 7) is 1.24. The predicted octanol–water partition coefficient (Wildman–Crippen LogP) is 4.24. The Morgan fingerprint density at radius 3 is 2.61 bits per heavy atom. The van der Waals surface area contributed by atoms with Crippen molar-refractivity contribution in [3.63, 3.8) is 0 Å². The van der Waals surface area contributed by atoms with Gasteiger partial charge in [-0.05, 0) is 58.5 Å². The van der Waals surface area contributed by atoms with Gasteiger partial charge in [0.05, 0.1) is 4.91 Å². The second kappa shape index (κ2) is 8.46. The molecule has 3 aromatic rings. The molecule has 33 heavy (non-hydrogen) atoms. The maximum absolute atomic E-state index is 12.8. The molecule has 2 aromatic heterocycles. The molecule has 1 fully saturated rings. The number of carbonyl (C=O) groups is 2. The fraction of sp³-hybridized carbons (Fsp3) is 0.105. The number of rotatable bonds is 5. The first-order valence-corrected chi connectivity index (χ1v) is 9.81. The average Bonchev–Trinajstić information content (AvgIpc) is 3.42. The highest BCUT2D eigenvalue weighted by Crippen LogP contribution is 2.37. The third-order valence-electron chi connectivity index (χ3n) is 4.07. The van der Waals surface area contributed by atoms with Crippen LogP contribution in [0, 0.1) is 5.41 Å². The van der Waals surface area contributed by atoms with E-state index in [4.69, 9.17) is 9.83 Å². The molecule has 0 saturated carbocycles. The molecule has 0 bridgehead atoms. The number of nitrogens with zero attached hydrogens (tertiary/aromatic N) is 3. The maximum atomic E-state index is 12.8. The molecule has 3 heterocycles. The van der Waals surface area contributed by atoms with Crippen LogP contribution in [-0.4, -0.2) is 33.7 Å². The Bertz CT molecular complexity index is 1270. The topological polar surface area (TPSA) is 135 Å². The summed E-state index contributed by atoms with van der Waals surface area (Å²) in [4.78, 5) is 25.1. The molecular formula is C19H12F3N5O5S. The lowest BCUT2D eigenvalue weighted by molar-refractivity contribution is -0.274. The van der Waals surface area contributed by atoms with Crippen LogP contribution in [0.15, 0.2) is 50.3 Å². The molecule has 1 aliphatic rings. The Morgan fingerprint density at radius 2 is 1.94 bits per heavy atom. The van der Waals surface area contributed by atoms with Gasteiger partial charge >= 0.3 is 6.36 Å². The molecule has 0 unspecified atom stereocenters. The van der Waals surface area contributed by atoms with Crippen LogP contribution in [0.2, 0.25) is 0 Å². The van der Waals surface area contributed by atoms with Gasteiger partial charge in [0, 0.05) is 18.6 Å². The molecule has 14 heteroatoms. The van der Waals surface area contributed by atoms with E-state index < -0.39 is 18.2 Å². The molecule has 2 amide bonds. The van der Waals surface area contributed by atoms with E-state index in [1.54, 1.807) is 12.1 Å². The number of amidine groups is 1. The summed E-state index contributed by atoms with van der Waals surface area (Å²) in [7, 11) is 0. The number of ether oxygens (including phenoxy) is 1. The largest absolute Gasteiger partial charge is 0.573 e. The van der Waals surface area contributed by atoms with Gasteiger partial charge in [0.1, 0.15) is 17.3 Å². The van der Waals surface area contributed by atoms with Crippen LogP contribution >= 0.6 is 11.8 Å². The lowest BCUT2D eigenvalue weighted by atomic mass is 10.2. The molecule has 170 valence electrons. The normalized spacial score (nSPS) is 15.4. The minimum Gasteiger partial charge on any atom is -0.457 e. The number of hydrogen-bond acceptors (Lipinski definition) is 9. The average molecular weight is 479 g/mol. The van der Waals surface area contributed by atoms with Gasteiger partial charge in [-0.3, -0.25) is 15.0 Å². The highest BCUT2D eigenvalue weighted by atomic mass is 32.2. The van der Waals surface area contributed by atoms with E-state index in [9.17, 15) is 22.8 Å². The van der Waals surface area contributed by atoms with Crippen molar-refractivity contribution in [3.8, 4) is 17.1 Å². The fourth-order valence-electron chi connectivity index (χ4n) is 2.79. The Hall–Kier alpha value is -4.07. The first-order valence-electron chi connectivity index (χ1n) is 8.99. The molecular weight excluding hydrogens is 467 g/mol. The standard InChI is InChI=1S/C19H12F3N5O5S/c1-9(28)24-15-16(26-32-25-15)27-17(29)14(33-18(27)23)8-12-6-7-13(30-12)10-2-4-11(5-3-10)31-19(20,21)22/h2-8,23H,1H3,(H,24,25,28). The van der Waals surface area contributed by atoms with Crippen molar-refractivity contribution >= 4 is 46.5 Å². The van der Waals surface area contributed by atoms with E-state index >= 15 is 0 Å². The number of thioether (sulfide) groups is 1. The van der Waals surface area contributed by atoms with Crippen LogP contribution in [0.1, 0.15) is 12.7 Å². The molecule has 2 N–H and O–H groups in total. The summed E-state index contributed by atoms with van der Waals surface area (Å²) in [6.07, 6.45) is -3.39. The van der Waals surface area contributed by atoms with E-state index in [-0.39, 0.29) is 33.2 Å². The van der Waals surface area contributed by atoms with Gasteiger partial charge in [-0.25, -0.2) is 9.53 Å². The summed E-state index contributed by atoms with van der Waals surface area (Å²) in [6, 6.07) is 8.23. The van der Waals surface area contributed by atoms with Crippen molar-refractivity contribution in [2.75, 3.05) is 10.2 Å². The zero-order valence-electron chi connectivity index (χ0n) is 16.5. The lowest BCUT2D eigenvalue weighted by Crippen LogP contribution is -2.29. The van der Waals surface area contributed by atoms with Crippen molar-refractivity contribution in [2.45, 2.75) is 13.3 Å². The second-order valence-corrected chi connectivity index (χ2v) is 7.48. The molecule has 0 atom stereocenters. The van der Waals surface area contributed by atoms with Crippen molar-refractivity contribution in [3.05, 3.63) is 47.1 Å². The Kier molecular flexibility index (Phi) is 5.68. The smallest absolute Gasteiger partial charge is 0.457 e. The van der Waals surface area contributed by atoms with Crippen LogP contribution in [0.5, 0.6) is 5.75 Å². The first-order chi connectivity index (χ1) is 15.6. The van der Waals surface area contributed by atoms with E-state index in [0.29, 0.717) is 11.3 Å². The number of nitrogens with one attached hydrogen (secondary N) is 2. The van der Waals surface area contributed by atoms with Crippen LogP contribution in [-0.2, 0) is 9.59 Å². The van der Waals surface area contributed by atoms with Gasteiger partial charge in [0.25, 0.3) is 5.91 Å². The van der Waals surface area contributed by atoms with Crippen molar-refractivity contribution in [2.24, 2.45) is 0 Å². The van der Waals surface area contributed by atoms with Gasteiger partial charge in [-0.15, -0.1) is 13.2 Å². The minimum atomic E-state index is -4.79. The van der Waals surface area contributed by atoms with Crippen LogP contribution in [0.4, 0.5) is 24.8 Å². The van der Waals surface area contributed by atoms with Crippen LogP contribution in [0.3, 0.4) is 0 Å². The molecule has 4 rings (SSSR count). The zero-order valence-corrected chi connectivity index (χ0v) is 17.3. The van der Waals surface area contributed by atoms with Crippen LogP contribution in [0.25, 0.3) is 17.4 Å². The Balaban J connectivity index is 1.53. The number of anilines is 2. The summed E-state index contributed by atoms with van der Waals surface area (Å²) in [5.41, 5.74) is 0.488. The van der Waals surface area contributed by atoms with Crippen molar-refractivity contribution < 1.29 is 36.5 Å². The zero-order chi connectivity index (χ0) is 23.8. The number of aromatic nitrogens is 2. The molecule has 0 spiro atoms. The third kappa shape index (κ3) is 4.90. The summed E-state index contributed by atoms with van der Waals surface area (Å²) < 4.78 is 50.9. The number of carbonyl (C=O) groups excluding carboxylic acids is 2. The van der Waals surface area contributed by atoms with Gasteiger partial charge in [-0.2, -0.15) is 0 Å². The molecule has 1 saturated heterocycles. The highest BCUT2D eigenvalue weighted by molar-refractivity contribution is 8.19. The Morgan fingerprint density at radius 1 is 1.21 bits per heavy atom. The molecule has 1 aromatic carbocycles. The van der Waals surface area contributed by atoms with Gasteiger partial charge in [0.2, 0.25) is 17.5 Å². The van der Waals surface area contributed by atoms with Gasteiger partial charge < -0.3 is 14.5 Å². The molecule has 0 aliphatic carbocycles. The number of alkyl halides is 3. The van der Waals surface area contributed by atoms with E-state index in [2.05, 4.69) is 25.0 Å². The maximum Gasteiger partial charge on any atom is 0.573 e. The van der Waals surface area contributed by atoms with E-state index in [1.165, 1.54) is 25.1 Å². The van der Waals surface area contributed by atoms with Gasteiger partial charge in [0.15, 0.2) is 5.17 Å². The number of benzene rings is 1. The summed E-state index contributed by atoms with van der Waals surface area (Å²) >= 11 is 0.830. The number of halogens is 3. The number of furan rings is 1. The number of amides is 2. The fourth-order valence-corrected chi connectivity index (χ4v) is 3.61. The molecule has 0 radical (unpaired) electrons. The Labute approximate surface area is 186 Å². The quantitative estimate of drug-likeness (QED) is 0.519. The summed E-state index contributed by atoms with van der Waals surface area (Å²) in [5, 5.41) is 17.4. The number of hydrogen-bond donors (Lipinski definition) is 2. The molecule has 1 aliphatic heterocycles.